The minimum Gasteiger partial charge on any atom is -0.493 e. The summed E-state index contributed by atoms with van der Waals surface area (Å²) in [5.74, 6) is 1.29. The molecule has 1 heterocycles. The Morgan fingerprint density at radius 3 is 2.59 bits per heavy atom. The predicted octanol–water partition coefficient (Wildman–Crippen LogP) is 0.738. The maximum Gasteiger partial charge on any atom is 0.162 e. The van der Waals surface area contributed by atoms with Crippen LogP contribution in [0.15, 0.2) is 12.1 Å². The summed E-state index contributed by atoms with van der Waals surface area (Å²) in [4.78, 5) is 0. The summed E-state index contributed by atoms with van der Waals surface area (Å²) >= 11 is 0. The Morgan fingerprint density at radius 2 is 2.00 bits per heavy atom. The second-order valence-electron chi connectivity index (χ2n) is 4.12. The molecule has 0 amide bonds. The lowest BCUT2D eigenvalue weighted by Gasteiger charge is -2.31. The topological polar surface area (TPSA) is 76.7 Å². The highest BCUT2D eigenvalue weighted by atomic mass is 16.5. The first-order valence-electron chi connectivity index (χ1n) is 5.59. The molecule has 5 nitrogen and oxygen atoms in total. The van der Waals surface area contributed by atoms with E-state index in [-0.39, 0.29) is 5.92 Å². The molecule has 0 saturated heterocycles. The lowest BCUT2D eigenvalue weighted by Crippen LogP contribution is -2.33. The van der Waals surface area contributed by atoms with Gasteiger partial charge >= 0.3 is 0 Å². The molecule has 1 aromatic rings. The van der Waals surface area contributed by atoms with Crippen molar-refractivity contribution in [3.63, 3.8) is 0 Å². The van der Waals surface area contributed by atoms with Gasteiger partial charge in [0, 0.05) is 29.8 Å². The molecule has 0 saturated carbocycles. The van der Waals surface area contributed by atoms with Crippen LogP contribution in [0.4, 0.5) is 5.69 Å². The van der Waals surface area contributed by atoms with E-state index in [9.17, 15) is 5.11 Å². The zero-order valence-corrected chi connectivity index (χ0v) is 10.1. The highest BCUT2D eigenvalue weighted by molar-refractivity contribution is 5.62. The van der Waals surface area contributed by atoms with Crippen LogP contribution in [0.5, 0.6) is 11.5 Å². The van der Waals surface area contributed by atoms with Crippen molar-refractivity contribution in [2.24, 2.45) is 11.7 Å². The fourth-order valence-electron chi connectivity index (χ4n) is 2.11. The van der Waals surface area contributed by atoms with E-state index in [1.807, 2.05) is 6.07 Å². The van der Waals surface area contributed by atoms with Crippen LogP contribution in [-0.2, 0) is 0 Å². The quantitative estimate of drug-likeness (QED) is 0.724. The van der Waals surface area contributed by atoms with Gasteiger partial charge in [-0.25, -0.2) is 0 Å². The van der Waals surface area contributed by atoms with Crippen LogP contribution in [-0.4, -0.2) is 32.4 Å². The van der Waals surface area contributed by atoms with Crippen LogP contribution in [0, 0.1) is 5.92 Å². The standard InChI is InChI=1S/C12H18N2O3/c1-16-10-3-8-9(4-11(10)17-2)14-6-7(5-13)12(8)15/h3-4,7,12,14-15H,5-6,13H2,1-2H3. The van der Waals surface area contributed by atoms with Crippen molar-refractivity contribution < 1.29 is 14.6 Å². The van der Waals surface area contributed by atoms with E-state index >= 15 is 0 Å². The zero-order valence-electron chi connectivity index (χ0n) is 10.1. The molecule has 17 heavy (non-hydrogen) atoms. The van der Waals surface area contributed by atoms with Gasteiger partial charge in [0.15, 0.2) is 11.5 Å². The molecule has 2 rings (SSSR count). The normalized spacial score (nSPS) is 22.6. The molecule has 5 heteroatoms. The summed E-state index contributed by atoms with van der Waals surface area (Å²) in [5, 5.41) is 13.4. The molecule has 1 aromatic carbocycles. The summed E-state index contributed by atoms with van der Waals surface area (Å²) in [6, 6.07) is 3.64. The van der Waals surface area contributed by atoms with Gasteiger partial charge in [-0.05, 0) is 12.6 Å². The number of fused-ring (bicyclic) bond motifs is 1. The molecule has 94 valence electrons. The van der Waals surface area contributed by atoms with Gasteiger partial charge in [0.25, 0.3) is 0 Å². The van der Waals surface area contributed by atoms with E-state index in [0.717, 1.165) is 11.3 Å². The van der Waals surface area contributed by atoms with Crippen molar-refractivity contribution in [1.82, 2.24) is 0 Å². The van der Waals surface area contributed by atoms with E-state index < -0.39 is 6.10 Å². The SMILES string of the molecule is COc1cc2c(cc1OC)C(O)C(CN)CN2. The third-order valence-corrected chi connectivity index (χ3v) is 3.18. The molecule has 0 fully saturated rings. The molecule has 2 unspecified atom stereocenters. The molecule has 0 radical (unpaired) electrons. The van der Waals surface area contributed by atoms with Crippen LogP contribution in [0.25, 0.3) is 0 Å². The average Bonchev–Trinajstić information content (AvgIpc) is 2.38. The number of ether oxygens (including phenoxy) is 2. The largest absolute Gasteiger partial charge is 0.493 e. The molecular formula is C12H18N2O3. The van der Waals surface area contributed by atoms with Crippen molar-refractivity contribution in [3.05, 3.63) is 17.7 Å². The summed E-state index contributed by atoms with van der Waals surface area (Å²) in [6.07, 6.45) is -0.559. The minimum absolute atomic E-state index is 0.0283. The number of rotatable bonds is 3. The molecule has 0 aliphatic carbocycles. The van der Waals surface area contributed by atoms with Gasteiger partial charge in [-0.2, -0.15) is 0 Å². The smallest absolute Gasteiger partial charge is 0.162 e. The molecular weight excluding hydrogens is 220 g/mol. The van der Waals surface area contributed by atoms with E-state index in [0.29, 0.717) is 24.6 Å². The van der Waals surface area contributed by atoms with Crippen molar-refractivity contribution >= 4 is 5.69 Å². The van der Waals surface area contributed by atoms with Gasteiger partial charge in [0.05, 0.1) is 20.3 Å². The van der Waals surface area contributed by atoms with Crippen LogP contribution < -0.4 is 20.5 Å². The van der Waals surface area contributed by atoms with Crippen LogP contribution in [0.2, 0.25) is 0 Å². The van der Waals surface area contributed by atoms with E-state index in [4.69, 9.17) is 15.2 Å². The Bertz CT molecular complexity index is 409. The fraction of sp³-hybridized carbons (Fsp3) is 0.500. The van der Waals surface area contributed by atoms with Crippen LogP contribution in [0.3, 0.4) is 0 Å². The second kappa shape index (κ2) is 4.81. The van der Waals surface area contributed by atoms with Gasteiger partial charge in [0.2, 0.25) is 0 Å². The van der Waals surface area contributed by atoms with E-state index in [1.165, 1.54) is 0 Å². The molecule has 0 bridgehead atoms. The average molecular weight is 238 g/mol. The fourth-order valence-corrected chi connectivity index (χ4v) is 2.11. The van der Waals surface area contributed by atoms with Gasteiger partial charge in [-0.1, -0.05) is 0 Å². The monoisotopic (exact) mass is 238 g/mol. The molecule has 0 spiro atoms. The van der Waals surface area contributed by atoms with Crippen molar-refractivity contribution in [3.8, 4) is 11.5 Å². The second-order valence-corrected chi connectivity index (χ2v) is 4.12. The number of hydrogen-bond donors (Lipinski definition) is 3. The lowest BCUT2D eigenvalue weighted by atomic mass is 9.90. The Balaban J connectivity index is 2.43. The summed E-state index contributed by atoms with van der Waals surface area (Å²) in [7, 11) is 3.17. The van der Waals surface area contributed by atoms with Crippen LogP contribution in [0.1, 0.15) is 11.7 Å². The Labute approximate surface area is 101 Å². The van der Waals surface area contributed by atoms with Gasteiger partial charge < -0.3 is 25.6 Å². The first-order chi connectivity index (χ1) is 8.21. The first kappa shape index (κ1) is 12.0. The maximum absolute atomic E-state index is 10.2. The molecule has 4 N–H and O–H groups in total. The molecule has 1 aliphatic rings. The Kier molecular flexibility index (Phi) is 3.40. The molecule has 2 atom stereocenters. The number of methoxy groups -OCH3 is 2. The highest BCUT2D eigenvalue weighted by Gasteiger charge is 2.28. The van der Waals surface area contributed by atoms with E-state index in [2.05, 4.69) is 5.32 Å². The number of aliphatic hydroxyl groups is 1. The Hall–Kier alpha value is -1.46. The number of anilines is 1. The van der Waals surface area contributed by atoms with Crippen LogP contribution >= 0.6 is 0 Å². The minimum atomic E-state index is -0.559. The number of hydrogen-bond acceptors (Lipinski definition) is 5. The highest BCUT2D eigenvalue weighted by Crippen LogP contribution is 2.40. The summed E-state index contributed by atoms with van der Waals surface area (Å²) in [5.41, 5.74) is 7.31. The third kappa shape index (κ3) is 2.03. The number of nitrogens with two attached hydrogens (primary N) is 1. The van der Waals surface area contributed by atoms with Gasteiger partial charge in [-0.3, -0.25) is 0 Å². The predicted molar refractivity (Wildman–Crippen MR) is 65.5 cm³/mol. The zero-order chi connectivity index (χ0) is 12.4. The maximum atomic E-state index is 10.2. The Morgan fingerprint density at radius 1 is 1.35 bits per heavy atom. The molecule has 0 aromatic heterocycles. The number of nitrogens with one attached hydrogen (secondary N) is 1. The van der Waals surface area contributed by atoms with Crippen molar-refractivity contribution in [1.29, 1.82) is 0 Å². The summed E-state index contributed by atoms with van der Waals surface area (Å²) in [6.45, 7) is 1.11. The number of aliphatic hydroxyl groups excluding tert-OH is 1. The first-order valence-corrected chi connectivity index (χ1v) is 5.59. The van der Waals surface area contributed by atoms with Crippen molar-refractivity contribution in [2.45, 2.75) is 6.10 Å². The van der Waals surface area contributed by atoms with E-state index in [1.54, 1.807) is 20.3 Å². The lowest BCUT2D eigenvalue weighted by molar-refractivity contribution is 0.114. The summed E-state index contributed by atoms with van der Waals surface area (Å²) < 4.78 is 10.4. The molecule has 1 aliphatic heterocycles. The third-order valence-electron chi connectivity index (χ3n) is 3.18. The van der Waals surface area contributed by atoms with Gasteiger partial charge in [-0.15, -0.1) is 0 Å². The number of benzene rings is 1. The van der Waals surface area contributed by atoms with Gasteiger partial charge in [0.1, 0.15) is 0 Å². The van der Waals surface area contributed by atoms with Crippen molar-refractivity contribution in [2.75, 3.05) is 32.6 Å².